The smallest absolute Gasteiger partial charge is 0.0464 e. The van der Waals surface area contributed by atoms with Crippen molar-refractivity contribution in [1.82, 2.24) is 5.32 Å². The van der Waals surface area contributed by atoms with Crippen LogP contribution < -0.4 is 5.32 Å². The fraction of sp³-hybridized carbons (Fsp3) is 1.00. The fourth-order valence-electron chi connectivity index (χ4n) is 1.75. The van der Waals surface area contributed by atoms with Gasteiger partial charge in [-0.25, -0.2) is 0 Å². The number of methoxy groups -OCH3 is 1. The van der Waals surface area contributed by atoms with Crippen molar-refractivity contribution in [3.63, 3.8) is 0 Å². The van der Waals surface area contributed by atoms with Crippen LogP contribution in [-0.2, 0) is 4.74 Å². The summed E-state index contributed by atoms with van der Waals surface area (Å²) in [7, 11) is 1.78. The largest absolute Gasteiger partial charge is 0.385 e. The molecule has 92 valence electrons. The molecule has 15 heavy (non-hydrogen) atoms. The van der Waals surface area contributed by atoms with Gasteiger partial charge in [-0.1, -0.05) is 20.8 Å². The minimum absolute atomic E-state index is 0.718. The molecule has 0 heterocycles. The van der Waals surface area contributed by atoms with E-state index in [4.69, 9.17) is 4.74 Å². The molecule has 0 aliphatic rings. The second-order valence-corrected chi connectivity index (χ2v) is 4.52. The first-order chi connectivity index (χ1) is 7.24. The molecule has 0 amide bonds. The maximum absolute atomic E-state index is 5.09. The van der Waals surface area contributed by atoms with Crippen LogP contribution in [0, 0.1) is 5.92 Å². The Morgan fingerprint density at radius 1 is 1.13 bits per heavy atom. The quantitative estimate of drug-likeness (QED) is 0.604. The number of nitrogens with one attached hydrogen (secondary N) is 1. The van der Waals surface area contributed by atoms with Gasteiger partial charge >= 0.3 is 0 Å². The third-order valence-electron chi connectivity index (χ3n) is 3.00. The van der Waals surface area contributed by atoms with Crippen molar-refractivity contribution in [2.75, 3.05) is 20.3 Å². The predicted octanol–water partition coefficient (Wildman–Crippen LogP) is 3.22. The zero-order valence-corrected chi connectivity index (χ0v) is 11.0. The average Bonchev–Trinajstić information content (AvgIpc) is 2.26. The van der Waals surface area contributed by atoms with Crippen LogP contribution in [0.3, 0.4) is 0 Å². The monoisotopic (exact) mass is 215 g/mol. The molecule has 0 radical (unpaired) electrons. The molecule has 0 aliphatic carbocycles. The summed E-state index contributed by atoms with van der Waals surface area (Å²) >= 11 is 0. The van der Waals surface area contributed by atoms with E-state index in [2.05, 4.69) is 26.1 Å². The van der Waals surface area contributed by atoms with Crippen molar-refractivity contribution >= 4 is 0 Å². The molecule has 0 bridgehead atoms. The highest BCUT2D eigenvalue weighted by Crippen LogP contribution is 2.13. The zero-order chi connectivity index (χ0) is 11.5. The topological polar surface area (TPSA) is 21.3 Å². The summed E-state index contributed by atoms with van der Waals surface area (Å²) in [5.74, 6) is 0.794. The molecule has 0 saturated heterocycles. The molecule has 0 rings (SSSR count). The van der Waals surface area contributed by atoms with Gasteiger partial charge in [-0.3, -0.25) is 0 Å². The van der Waals surface area contributed by atoms with Crippen LogP contribution in [0.1, 0.15) is 52.9 Å². The van der Waals surface area contributed by atoms with Gasteiger partial charge in [0.2, 0.25) is 0 Å². The predicted molar refractivity (Wildman–Crippen MR) is 67.3 cm³/mol. The van der Waals surface area contributed by atoms with Crippen molar-refractivity contribution in [3.8, 4) is 0 Å². The summed E-state index contributed by atoms with van der Waals surface area (Å²) in [4.78, 5) is 0. The standard InChI is InChI=1S/C13H29NO/c1-5-10-14-13(6-2)8-7-12(3)9-11-15-4/h12-14H,5-11H2,1-4H3. The summed E-state index contributed by atoms with van der Waals surface area (Å²) in [5.41, 5.74) is 0. The molecule has 2 heteroatoms. The van der Waals surface area contributed by atoms with Gasteiger partial charge in [0.05, 0.1) is 0 Å². The third-order valence-corrected chi connectivity index (χ3v) is 3.00. The van der Waals surface area contributed by atoms with Gasteiger partial charge in [0.25, 0.3) is 0 Å². The van der Waals surface area contributed by atoms with Crippen LogP contribution in [0.2, 0.25) is 0 Å². The molecule has 0 fully saturated rings. The van der Waals surface area contributed by atoms with Gasteiger partial charge in [0.1, 0.15) is 0 Å². The SMILES string of the molecule is CCCNC(CC)CCC(C)CCOC. The molecule has 2 unspecified atom stereocenters. The molecule has 2 atom stereocenters. The highest BCUT2D eigenvalue weighted by molar-refractivity contribution is 4.66. The minimum atomic E-state index is 0.718. The summed E-state index contributed by atoms with van der Waals surface area (Å²) in [6.45, 7) is 8.88. The van der Waals surface area contributed by atoms with E-state index in [1.165, 1.54) is 32.1 Å². The Labute approximate surface area is 95.8 Å². The van der Waals surface area contributed by atoms with Crippen molar-refractivity contribution in [2.45, 2.75) is 58.9 Å². The maximum Gasteiger partial charge on any atom is 0.0464 e. The van der Waals surface area contributed by atoms with Gasteiger partial charge in [0, 0.05) is 19.8 Å². The van der Waals surface area contributed by atoms with Crippen molar-refractivity contribution in [2.24, 2.45) is 5.92 Å². The number of hydrogen-bond acceptors (Lipinski definition) is 2. The van der Waals surface area contributed by atoms with Gasteiger partial charge in [-0.05, 0) is 44.6 Å². The molecule has 0 aromatic rings. The van der Waals surface area contributed by atoms with Crippen molar-refractivity contribution in [1.29, 1.82) is 0 Å². The van der Waals surface area contributed by atoms with E-state index < -0.39 is 0 Å². The second-order valence-electron chi connectivity index (χ2n) is 4.52. The van der Waals surface area contributed by atoms with E-state index in [0.29, 0.717) is 0 Å². The van der Waals surface area contributed by atoms with Gasteiger partial charge < -0.3 is 10.1 Å². The first kappa shape index (κ1) is 14.9. The Balaban J connectivity index is 3.50. The summed E-state index contributed by atoms with van der Waals surface area (Å²) in [6, 6.07) is 0.718. The van der Waals surface area contributed by atoms with Crippen LogP contribution >= 0.6 is 0 Å². The Bertz CT molecular complexity index is 128. The lowest BCUT2D eigenvalue weighted by Gasteiger charge is -2.18. The normalized spacial score (nSPS) is 15.2. The van der Waals surface area contributed by atoms with E-state index in [1.54, 1.807) is 7.11 Å². The number of hydrogen-bond donors (Lipinski definition) is 1. The van der Waals surface area contributed by atoms with Crippen molar-refractivity contribution < 1.29 is 4.74 Å². The Morgan fingerprint density at radius 2 is 1.87 bits per heavy atom. The summed E-state index contributed by atoms with van der Waals surface area (Å²) in [6.07, 6.45) is 6.30. The molecule has 0 aromatic carbocycles. The maximum atomic E-state index is 5.09. The summed E-state index contributed by atoms with van der Waals surface area (Å²) in [5, 5.41) is 3.60. The lowest BCUT2D eigenvalue weighted by molar-refractivity contribution is 0.177. The van der Waals surface area contributed by atoms with E-state index in [1.807, 2.05) is 0 Å². The lowest BCUT2D eigenvalue weighted by Crippen LogP contribution is -2.29. The Morgan fingerprint density at radius 3 is 2.40 bits per heavy atom. The molecular weight excluding hydrogens is 186 g/mol. The molecule has 0 aliphatic heterocycles. The number of ether oxygens (including phenoxy) is 1. The van der Waals surface area contributed by atoms with Crippen LogP contribution in [0.4, 0.5) is 0 Å². The molecule has 0 spiro atoms. The Kier molecular flexibility index (Phi) is 10.4. The minimum Gasteiger partial charge on any atom is -0.385 e. The highest BCUT2D eigenvalue weighted by atomic mass is 16.5. The van der Waals surface area contributed by atoms with Crippen LogP contribution in [0.25, 0.3) is 0 Å². The van der Waals surface area contributed by atoms with Crippen LogP contribution in [0.5, 0.6) is 0 Å². The lowest BCUT2D eigenvalue weighted by atomic mass is 9.98. The van der Waals surface area contributed by atoms with E-state index in [0.717, 1.165) is 25.1 Å². The van der Waals surface area contributed by atoms with E-state index in [-0.39, 0.29) is 0 Å². The van der Waals surface area contributed by atoms with Gasteiger partial charge in [-0.2, -0.15) is 0 Å². The zero-order valence-electron chi connectivity index (χ0n) is 11.0. The van der Waals surface area contributed by atoms with Crippen molar-refractivity contribution in [3.05, 3.63) is 0 Å². The van der Waals surface area contributed by atoms with E-state index in [9.17, 15) is 0 Å². The van der Waals surface area contributed by atoms with Gasteiger partial charge in [0.15, 0.2) is 0 Å². The summed E-state index contributed by atoms with van der Waals surface area (Å²) < 4.78 is 5.09. The van der Waals surface area contributed by atoms with E-state index >= 15 is 0 Å². The fourth-order valence-corrected chi connectivity index (χ4v) is 1.75. The van der Waals surface area contributed by atoms with Gasteiger partial charge in [-0.15, -0.1) is 0 Å². The Hall–Kier alpha value is -0.0800. The third kappa shape index (κ3) is 8.88. The molecule has 0 aromatic heterocycles. The van der Waals surface area contributed by atoms with Crippen LogP contribution in [0.15, 0.2) is 0 Å². The first-order valence-electron chi connectivity index (χ1n) is 6.46. The van der Waals surface area contributed by atoms with Crippen LogP contribution in [-0.4, -0.2) is 26.3 Å². The molecule has 1 N–H and O–H groups in total. The first-order valence-corrected chi connectivity index (χ1v) is 6.46. The molecular formula is C13H29NO. The highest BCUT2D eigenvalue weighted by Gasteiger charge is 2.08. The number of rotatable bonds is 10. The average molecular weight is 215 g/mol. The second kappa shape index (κ2) is 10.4. The molecule has 2 nitrogen and oxygen atoms in total. The molecule has 0 saturated carbocycles.